The van der Waals surface area contributed by atoms with Crippen LogP contribution in [-0.2, 0) is 11.3 Å². The van der Waals surface area contributed by atoms with E-state index in [0.717, 1.165) is 22.2 Å². The van der Waals surface area contributed by atoms with E-state index in [4.69, 9.17) is 34.8 Å². The van der Waals surface area contributed by atoms with Crippen LogP contribution in [0.3, 0.4) is 0 Å². The summed E-state index contributed by atoms with van der Waals surface area (Å²) in [4.78, 5) is 4.65. The van der Waals surface area contributed by atoms with Crippen LogP contribution in [0.4, 0.5) is 0 Å². The van der Waals surface area contributed by atoms with Crippen LogP contribution in [-0.4, -0.2) is 4.98 Å². The summed E-state index contributed by atoms with van der Waals surface area (Å²) in [5.41, 5.74) is 2.72. The Morgan fingerprint density at radius 3 is 2.33 bits per heavy atom. The fourth-order valence-electron chi connectivity index (χ4n) is 1.81. The van der Waals surface area contributed by atoms with Crippen molar-refractivity contribution in [2.24, 2.45) is 0 Å². The van der Waals surface area contributed by atoms with Gasteiger partial charge in [0.25, 0.3) is 0 Å². The molecule has 2 aromatic rings. The van der Waals surface area contributed by atoms with Gasteiger partial charge in [0.05, 0.1) is 10.5 Å². The van der Waals surface area contributed by atoms with Crippen molar-refractivity contribution < 1.29 is 0 Å². The average molecular weight is 303 g/mol. The van der Waals surface area contributed by atoms with Gasteiger partial charge in [0.15, 0.2) is 0 Å². The molecule has 0 atom stereocenters. The quantitative estimate of drug-likeness (QED) is 0.627. The third-order valence-electron chi connectivity index (χ3n) is 2.83. The van der Waals surface area contributed by atoms with E-state index in [0.29, 0.717) is 15.9 Å². The van der Waals surface area contributed by atoms with E-state index >= 15 is 0 Å². The highest BCUT2D eigenvalue weighted by Crippen LogP contribution is 2.32. The molecule has 0 amide bonds. The summed E-state index contributed by atoms with van der Waals surface area (Å²) >= 11 is 18.3. The van der Waals surface area contributed by atoms with Gasteiger partial charge in [-0.1, -0.05) is 44.0 Å². The lowest BCUT2D eigenvalue weighted by atomic mass is 9.90. The first-order chi connectivity index (χ1) is 8.32. The third-order valence-corrected chi connectivity index (χ3v) is 3.62. The van der Waals surface area contributed by atoms with E-state index in [-0.39, 0.29) is 5.41 Å². The molecule has 96 valence electrons. The molecule has 0 N–H and O–H groups in total. The molecule has 0 fully saturated rings. The smallest absolute Gasteiger partial charge is 0.0895 e. The minimum absolute atomic E-state index is 0.0437. The Kier molecular flexibility index (Phi) is 3.77. The Morgan fingerprint density at radius 1 is 1.11 bits per heavy atom. The second-order valence-electron chi connectivity index (χ2n) is 5.33. The molecule has 0 aliphatic carbocycles. The Morgan fingerprint density at radius 2 is 1.78 bits per heavy atom. The fourth-order valence-corrected chi connectivity index (χ4v) is 2.57. The summed E-state index contributed by atoms with van der Waals surface area (Å²) in [6.45, 7) is 6.34. The van der Waals surface area contributed by atoms with Gasteiger partial charge in [0, 0.05) is 27.4 Å². The largest absolute Gasteiger partial charge is 0.251 e. The van der Waals surface area contributed by atoms with Gasteiger partial charge in [0.1, 0.15) is 0 Å². The molecule has 4 heteroatoms. The number of fused-ring (bicyclic) bond motifs is 1. The average Bonchev–Trinajstić information content (AvgIpc) is 2.26. The van der Waals surface area contributed by atoms with Crippen molar-refractivity contribution in [3.8, 4) is 0 Å². The third kappa shape index (κ3) is 2.59. The van der Waals surface area contributed by atoms with Crippen LogP contribution in [0.2, 0.25) is 10.0 Å². The minimum Gasteiger partial charge on any atom is -0.251 e. The molecule has 1 heterocycles. The molecule has 1 aromatic carbocycles. The van der Waals surface area contributed by atoms with Crippen LogP contribution < -0.4 is 0 Å². The molecule has 1 nitrogen and oxygen atoms in total. The zero-order chi connectivity index (χ0) is 13.5. The van der Waals surface area contributed by atoms with E-state index in [1.807, 2.05) is 12.1 Å². The maximum atomic E-state index is 6.22. The van der Waals surface area contributed by atoms with Gasteiger partial charge >= 0.3 is 0 Å². The number of aromatic nitrogens is 1. The molecule has 0 aliphatic rings. The number of halogens is 3. The second kappa shape index (κ2) is 4.88. The van der Waals surface area contributed by atoms with Gasteiger partial charge in [-0.25, -0.2) is 0 Å². The summed E-state index contributed by atoms with van der Waals surface area (Å²) < 4.78 is 0. The maximum absolute atomic E-state index is 6.22. The number of pyridine rings is 1. The van der Waals surface area contributed by atoms with Gasteiger partial charge in [-0.15, -0.1) is 11.6 Å². The zero-order valence-corrected chi connectivity index (χ0v) is 12.8. The highest BCUT2D eigenvalue weighted by atomic mass is 35.5. The Hall–Kier alpha value is -0.500. The lowest BCUT2D eigenvalue weighted by Gasteiger charge is -2.20. The van der Waals surface area contributed by atoms with Crippen molar-refractivity contribution >= 4 is 45.7 Å². The Bertz CT molecular complexity index is 600. The molecule has 0 spiro atoms. The zero-order valence-electron chi connectivity index (χ0n) is 10.5. The van der Waals surface area contributed by atoms with Crippen LogP contribution in [0.25, 0.3) is 10.9 Å². The molecule has 0 unspecified atom stereocenters. The molecule has 2 rings (SSSR count). The van der Waals surface area contributed by atoms with Crippen molar-refractivity contribution in [3.63, 3.8) is 0 Å². The van der Waals surface area contributed by atoms with Crippen molar-refractivity contribution in [1.82, 2.24) is 4.98 Å². The fraction of sp³-hybridized carbons (Fsp3) is 0.357. The van der Waals surface area contributed by atoms with Crippen LogP contribution in [0.1, 0.15) is 32.0 Å². The standard InChI is InChI=1S/C14H14Cl3N/c1-14(2,3)12-4-8(7-15)10-5-9(16)6-11(17)13(10)18-12/h4-6H,7H2,1-3H3. The van der Waals surface area contributed by atoms with E-state index in [1.54, 1.807) is 6.07 Å². The number of hydrogen-bond donors (Lipinski definition) is 0. The van der Waals surface area contributed by atoms with Crippen molar-refractivity contribution in [2.75, 3.05) is 0 Å². The molecular formula is C14H14Cl3N. The minimum atomic E-state index is -0.0437. The summed E-state index contributed by atoms with van der Waals surface area (Å²) in [7, 11) is 0. The first-order valence-electron chi connectivity index (χ1n) is 5.68. The normalized spacial score (nSPS) is 12.1. The van der Waals surface area contributed by atoms with Crippen LogP contribution in [0, 0.1) is 0 Å². The van der Waals surface area contributed by atoms with Gasteiger partial charge in [0.2, 0.25) is 0 Å². The van der Waals surface area contributed by atoms with Crippen LogP contribution >= 0.6 is 34.8 Å². The lowest BCUT2D eigenvalue weighted by Crippen LogP contribution is -2.14. The van der Waals surface area contributed by atoms with E-state index in [9.17, 15) is 0 Å². The van der Waals surface area contributed by atoms with Crippen molar-refractivity contribution in [2.45, 2.75) is 32.1 Å². The number of nitrogens with zero attached hydrogens (tertiary/aromatic N) is 1. The number of benzene rings is 1. The maximum Gasteiger partial charge on any atom is 0.0895 e. The van der Waals surface area contributed by atoms with Gasteiger partial charge in [-0.05, 0) is 23.8 Å². The molecule has 18 heavy (non-hydrogen) atoms. The highest BCUT2D eigenvalue weighted by molar-refractivity contribution is 6.38. The Balaban J connectivity index is 2.84. The molecule has 0 aliphatic heterocycles. The van der Waals surface area contributed by atoms with Gasteiger partial charge in [-0.2, -0.15) is 0 Å². The summed E-state index contributed by atoms with van der Waals surface area (Å²) in [5.74, 6) is 0.415. The topological polar surface area (TPSA) is 12.9 Å². The molecule has 1 aromatic heterocycles. The lowest BCUT2D eigenvalue weighted by molar-refractivity contribution is 0.571. The Labute approximate surface area is 122 Å². The van der Waals surface area contributed by atoms with E-state index in [1.165, 1.54) is 0 Å². The van der Waals surface area contributed by atoms with Crippen LogP contribution in [0.5, 0.6) is 0 Å². The van der Waals surface area contributed by atoms with Gasteiger partial charge in [-0.3, -0.25) is 4.98 Å². The molecule has 0 saturated heterocycles. The highest BCUT2D eigenvalue weighted by Gasteiger charge is 2.18. The van der Waals surface area contributed by atoms with E-state index in [2.05, 4.69) is 25.8 Å². The SMILES string of the molecule is CC(C)(C)c1cc(CCl)c2cc(Cl)cc(Cl)c2n1. The van der Waals surface area contributed by atoms with E-state index < -0.39 is 0 Å². The number of hydrogen-bond acceptors (Lipinski definition) is 1. The monoisotopic (exact) mass is 301 g/mol. The summed E-state index contributed by atoms with van der Waals surface area (Å²) in [6.07, 6.45) is 0. The first kappa shape index (κ1) is 13.9. The van der Waals surface area contributed by atoms with Crippen molar-refractivity contribution in [1.29, 1.82) is 0 Å². The summed E-state index contributed by atoms with van der Waals surface area (Å²) in [6, 6.07) is 5.60. The molecular weight excluding hydrogens is 289 g/mol. The van der Waals surface area contributed by atoms with Crippen LogP contribution in [0.15, 0.2) is 18.2 Å². The molecule has 0 radical (unpaired) electrons. The first-order valence-corrected chi connectivity index (χ1v) is 6.97. The number of alkyl halides is 1. The predicted molar refractivity (Wildman–Crippen MR) is 80.0 cm³/mol. The predicted octanol–water partition coefficient (Wildman–Crippen LogP) is 5.58. The number of rotatable bonds is 1. The van der Waals surface area contributed by atoms with Gasteiger partial charge < -0.3 is 0 Å². The molecule has 0 saturated carbocycles. The van der Waals surface area contributed by atoms with Crippen molar-refractivity contribution in [3.05, 3.63) is 39.5 Å². The molecule has 0 bridgehead atoms. The second-order valence-corrected chi connectivity index (χ2v) is 6.44. The summed E-state index contributed by atoms with van der Waals surface area (Å²) in [5, 5.41) is 2.09.